The van der Waals surface area contributed by atoms with Crippen LogP contribution in [-0.4, -0.2) is 18.2 Å². The van der Waals surface area contributed by atoms with Gasteiger partial charge in [0.05, 0.1) is 18.3 Å². The van der Waals surface area contributed by atoms with Gasteiger partial charge in [-0.15, -0.1) is 0 Å². The lowest BCUT2D eigenvalue weighted by Gasteiger charge is -2.10. The number of carbonyl (C=O) groups excluding carboxylic acids is 1. The van der Waals surface area contributed by atoms with Gasteiger partial charge in [0.2, 0.25) is 0 Å². The van der Waals surface area contributed by atoms with Gasteiger partial charge in [-0.1, -0.05) is 6.07 Å². The van der Waals surface area contributed by atoms with Crippen molar-refractivity contribution >= 4 is 28.9 Å². The summed E-state index contributed by atoms with van der Waals surface area (Å²) >= 11 is 1.15. The average molecular weight is 330 g/mol. The average Bonchev–Trinajstić information content (AvgIpc) is 3.16. The van der Waals surface area contributed by atoms with E-state index in [9.17, 15) is 4.79 Å². The molecular weight excluding hydrogens is 316 g/mol. The van der Waals surface area contributed by atoms with Crippen LogP contribution in [0.2, 0.25) is 0 Å². The van der Waals surface area contributed by atoms with Crippen molar-refractivity contribution in [3.63, 3.8) is 0 Å². The summed E-state index contributed by atoms with van der Waals surface area (Å²) in [4.78, 5) is 15.8. The molecule has 0 bridgehead atoms. The lowest BCUT2D eigenvalue weighted by molar-refractivity contribution is -0.113. The molecule has 0 unspecified atom stereocenters. The summed E-state index contributed by atoms with van der Waals surface area (Å²) < 4.78 is 16.2. The smallest absolute Gasteiger partial charge is 0.286 e. The fourth-order valence-corrected chi connectivity index (χ4v) is 2.70. The Kier molecular flexibility index (Phi) is 4.38. The maximum atomic E-state index is 11.6. The van der Waals surface area contributed by atoms with Gasteiger partial charge in [0.25, 0.3) is 5.91 Å². The molecule has 1 aromatic carbocycles. The van der Waals surface area contributed by atoms with Gasteiger partial charge < -0.3 is 19.6 Å². The van der Waals surface area contributed by atoms with E-state index in [2.05, 4.69) is 4.99 Å². The highest BCUT2D eigenvalue weighted by Gasteiger charge is 2.19. The second kappa shape index (κ2) is 6.62. The molecule has 7 heteroatoms. The summed E-state index contributed by atoms with van der Waals surface area (Å²) in [6.45, 7) is 0.308. The summed E-state index contributed by atoms with van der Waals surface area (Å²) in [6.07, 6.45) is 3.31. The molecule has 0 atom stereocenters. The normalized spacial score (nSPS) is 15.8. The zero-order chi connectivity index (χ0) is 16.2. The Bertz CT molecular complexity index is 781. The minimum atomic E-state index is -0.329. The Morgan fingerprint density at radius 3 is 2.87 bits per heavy atom. The molecule has 1 amide bonds. The number of nitrogens with two attached hydrogens (primary N) is 1. The monoisotopic (exact) mass is 330 g/mol. The van der Waals surface area contributed by atoms with E-state index in [1.165, 1.54) is 0 Å². The second-order valence-electron chi connectivity index (χ2n) is 4.64. The van der Waals surface area contributed by atoms with Gasteiger partial charge in [0.15, 0.2) is 16.7 Å². The highest BCUT2D eigenvalue weighted by molar-refractivity contribution is 8.18. The molecule has 1 aliphatic heterocycles. The van der Waals surface area contributed by atoms with Gasteiger partial charge in [-0.3, -0.25) is 4.79 Å². The van der Waals surface area contributed by atoms with Crippen molar-refractivity contribution in [2.75, 3.05) is 7.11 Å². The molecule has 0 aliphatic carbocycles. The first-order valence-corrected chi connectivity index (χ1v) is 7.58. The molecule has 2 aromatic rings. The van der Waals surface area contributed by atoms with Crippen LogP contribution in [0.5, 0.6) is 11.5 Å². The zero-order valence-corrected chi connectivity index (χ0v) is 13.1. The number of nitrogens with zero attached hydrogens (tertiary/aromatic N) is 1. The van der Waals surface area contributed by atoms with E-state index in [-0.39, 0.29) is 11.1 Å². The topological polar surface area (TPSA) is 87.1 Å². The molecule has 2 heterocycles. The predicted octanol–water partition coefficient (Wildman–Crippen LogP) is 2.80. The van der Waals surface area contributed by atoms with Crippen molar-refractivity contribution in [2.45, 2.75) is 6.61 Å². The van der Waals surface area contributed by atoms with Crippen molar-refractivity contribution < 1.29 is 18.7 Å². The molecule has 6 nitrogen and oxygen atoms in total. The molecule has 0 spiro atoms. The summed E-state index contributed by atoms with van der Waals surface area (Å²) in [5, 5.41) is 0.256. The molecule has 1 aliphatic rings. The van der Waals surface area contributed by atoms with Crippen LogP contribution in [0.25, 0.3) is 6.08 Å². The van der Waals surface area contributed by atoms with E-state index < -0.39 is 0 Å². The highest BCUT2D eigenvalue weighted by Crippen LogP contribution is 2.32. The molecule has 0 saturated heterocycles. The summed E-state index contributed by atoms with van der Waals surface area (Å²) in [5.41, 5.74) is 6.33. The standard InChI is InChI=1S/C16H14N2O4S/c1-20-13-7-10(8-14-15(19)18-16(17)23-14)4-5-12(13)22-9-11-3-2-6-21-11/h2-8H,9H2,1H3,(H2,17,18,19)/b14-8+. The van der Waals surface area contributed by atoms with Gasteiger partial charge in [-0.05, 0) is 47.7 Å². The Morgan fingerprint density at radius 2 is 2.22 bits per heavy atom. The number of benzene rings is 1. The summed E-state index contributed by atoms with van der Waals surface area (Å²) in [6, 6.07) is 9.03. The van der Waals surface area contributed by atoms with Crippen molar-refractivity contribution in [3.05, 3.63) is 52.8 Å². The molecule has 0 fully saturated rings. The van der Waals surface area contributed by atoms with Gasteiger partial charge >= 0.3 is 0 Å². The Morgan fingerprint density at radius 1 is 1.35 bits per heavy atom. The number of rotatable bonds is 5. The van der Waals surface area contributed by atoms with Crippen molar-refractivity contribution in [3.8, 4) is 11.5 Å². The lowest BCUT2D eigenvalue weighted by atomic mass is 10.2. The number of ether oxygens (including phenoxy) is 2. The third-order valence-electron chi connectivity index (χ3n) is 3.07. The molecule has 23 heavy (non-hydrogen) atoms. The van der Waals surface area contributed by atoms with Crippen LogP contribution in [0, 0.1) is 0 Å². The number of furan rings is 1. The predicted molar refractivity (Wildman–Crippen MR) is 88.2 cm³/mol. The van der Waals surface area contributed by atoms with Crippen LogP contribution in [0.4, 0.5) is 0 Å². The van der Waals surface area contributed by atoms with E-state index in [1.807, 2.05) is 12.1 Å². The number of amidine groups is 1. The number of amides is 1. The maximum Gasteiger partial charge on any atom is 0.286 e. The first-order valence-electron chi connectivity index (χ1n) is 6.77. The molecule has 0 saturated carbocycles. The van der Waals surface area contributed by atoms with Crippen LogP contribution in [0.3, 0.4) is 0 Å². The lowest BCUT2D eigenvalue weighted by Crippen LogP contribution is -2.01. The number of hydrogen-bond donors (Lipinski definition) is 1. The van der Waals surface area contributed by atoms with E-state index in [1.54, 1.807) is 37.6 Å². The molecule has 118 valence electrons. The fraction of sp³-hybridized carbons (Fsp3) is 0.125. The Labute approximate surface area is 137 Å². The van der Waals surface area contributed by atoms with Crippen molar-refractivity contribution in [2.24, 2.45) is 10.7 Å². The molecule has 2 N–H and O–H groups in total. The highest BCUT2D eigenvalue weighted by atomic mass is 32.2. The minimum absolute atomic E-state index is 0.256. The molecule has 3 rings (SSSR count). The number of thioether (sulfide) groups is 1. The third kappa shape index (κ3) is 3.57. The second-order valence-corrected chi connectivity index (χ2v) is 5.71. The van der Waals surface area contributed by atoms with Gasteiger partial charge in [0.1, 0.15) is 12.4 Å². The van der Waals surface area contributed by atoms with Crippen molar-refractivity contribution in [1.29, 1.82) is 0 Å². The molecule has 0 radical (unpaired) electrons. The van der Waals surface area contributed by atoms with E-state index >= 15 is 0 Å². The number of methoxy groups -OCH3 is 1. The largest absolute Gasteiger partial charge is 0.493 e. The summed E-state index contributed by atoms with van der Waals surface area (Å²) in [5.74, 6) is 1.55. The van der Waals surface area contributed by atoms with Crippen LogP contribution in [0.1, 0.15) is 11.3 Å². The van der Waals surface area contributed by atoms with Gasteiger partial charge in [0, 0.05) is 0 Å². The first kappa shape index (κ1) is 15.2. The van der Waals surface area contributed by atoms with E-state index in [0.29, 0.717) is 23.0 Å². The Balaban J connectivity index is 1.77. The molecule has 1 aromatic heterocycles. The Hall–Kier alpha value is -2.67. The van der Waals surface area contributed by atoms with Gasteiger partial charge in [-0.25, -0.2) is 0 Å². The van der Waals surface area contributed by atoms with Crippen LogP contribution < -0.4 is 15.2 Å². The minimum Gasteiger partial charge on any atom is -0.493 e. The maximum absolute atomic E-state index is 11.6. The van der Waals surface area contributed by atoms with Gasteiger partial charge in [-0.2, -0.15) is 4.99 Å². The molecular formula is C16H14N2O4S. The van der Waals surface area contributed by atoms with Crippen LogP contribution >= 0.6 is 11.8 Å². The first-order chi connectivity index (χ1) is 11.2. The van der Waals surface area contributed by atoms with E-state index in [0.717, 1.165) is 23.1 Å². The van der Waals surface area contributed by atoms with Crippen LogP contribution in [-0.2, 0) is 11.4 Å². The zero-order valence-electron chi connectivity index (χ0n) is 12.3. The number of hydrogen-bond acceptors (Lipinski definition) is 6. The third-order valence-corrected chi connectivity index (χ3v) is 3.89. The number of carbonyl (C=O) groups is 1. The van der Waals surface area contributed by atoms with Crippen molar-refractivity contribution in [1.82, 2.24) is 0 Å². The quantitative estimate of drug-likeness (QED) is 0.848. The van der Waals surface area contributed by atoms with Crippen LogP contribution in [0.15, 0.2) is 50.9 Å². The van der Waals surface area contributed by atoms with E-state index in [4.69, 9.17) is 19.6 Å². The fourth-order valence-electron chi connectivity index (χ4n) is 2.01. The SMILES string of the molecule is COc1cc(/C=C2/SC(N)=NC2=O)ccc1OCc1ccco1. The summed E-state index contributed by atoms with van der Waals surface area (Å²) in [7, 11) is 1.56. The number of aliphatic imine (C=N–C) groups is 1.